The van der Waals surface area contributed by atoms with Crippen molar-refractivity contribution in [2.75, 3.05) is 26.0 Å². The van der Waals surface area contributed by atoms with E-state index in [1.54, 1.807) is 12.4 Å². The molecule has 1 amide bonds. The Morgan fingerprint density at radius 2 is 2.00 bits per heavy atom. The lowest BCUT2D eigenvalue weighted by molar-refractivity contribution is 0.0966. The highest BCUT2D eigenvalue weighted by Gasteiger charge is 2.27. The zero-order valence-electron chi connectivity index (χ0n) is 19.3. The van der Waals surface area contributed by atoms with Gasteiger partial charge in [-0.15, -0.1) is 0 Å². The van der Waals surface area contributed by atoms with Crippen LogP contribution in [0.4, 0.5) is 15.9 Å². The van der Waals surface area contributed by atoms with E-state index in [9.17, 15) is 9.18 Å². The third-order valence-electron chi connectivity index (χ3n) is 6.13. The Kier molecular flexibility index (Phi) is 5.98. The van der Waals surface area contributed by atoms with E-state index in [1.807, 2.05) is 28.8 Å². The number of unbranched alkanes of at least 4 members (excludes halogenated alkanes) is 1. The monoisotopic (exact) mass is 458 g/mol. The molecule has 0 saturated carbocycles. The molecule has 1 aromatic carbocycles. The standard InChI is InChI=1S/C26H27FN6O/c1-32(2)11-4-3-5-17-6-9-23(28-14-17)31-21-8-7-19(20-15-30-26(34)25(20)21)22-16-29-24-13-18(27)10-12-33(22)24/h6-10,12-14,16H,3-5,11,15H2,1-2H3,(H,28,31)(H,30,34). The Hall–Kier alpha value is -3.78. The normalized spacial score (nSPS) is 12.9. The van der Waals surface area contributed by atoms with Gasteiger partial charge in [-0.2, -0.15) is 0 Å². The maximum atomic E-state index is 13.6. The number of carbonyl (C=O) groups is 1. The molecule has 7 nitrogen and oxygen atoms in total. The number of nitrogens with one attached hydrogen (secondary N) is 2. The number of benzene rings is 1. The van der Waals surface area contributed by atoms with Crippen LogP contribution < -0.4 is 10.6 Å². The van der Waals surface area contributed by atoms with Crippen molar-refractivity contribution in [1.82, 2.24) is 24.6 Å². The first-order valence-corrected chi connectivity index (χ1v) is 11.4. The average Bonchev–Trinajstić information content (AvgIpc) is 3.42. The highest BCUT2D eigenvalue weighted by Crippen LogP contribution is 2.35. The van der Waals surface area contributed by atoms with Gasteiger partial charge in [0, 0.05) is 30.6 Å². The fourth-order valence-corrected chi connectivity index (χ4v) is 4.39. The van der Waals surface area contributed by atoms with Crippen LogP contribution in [0.15, 0.2) is 55.0 Å². The van der Waals surface area contributed by atoms with Gasteiger partial charge in [-0.05, 0) is 69.2 Å². The van der Waals surface area contributed by atoms with Crippen molar-refractivity contribution in [3.05, 3.63) is 77.5 Å². The minimum Gasteiger partial charge on any atom is -0.348 e. The molecule has 1 aliphatic heterocycles. The Balaban J connectivity index is 1.38. The highest BCUT2D eigenvalue weighted by atomic mass is 19.1. The van der Waals surface area contributed by atoms with Crippen LogP contribution in [0.5, 0.6) is 0 Å². The van der Waals surface area contributed by atoms with Gasteiger partial charge >= 0.3 is 0 Å². The molecule has 0 aliphatic carbocycles. The number of hydrogen-bond acceptors (Lipinski definition) is 5. The lowest BCUT2D eigenvalue weighted by atomic mass is 9.99. The lowest BCUT2D eigenvalue weighted by Gasteiger charge is -2.13. The van der Waals surface area contributed by atoms with Gasteiger partial charge in [0.25, 0.3) is 5.91 Å². The van der Waals surface area contributed by atoms with E-state index in [0.29, 0.717) is 29.3 Å². The number of anilines is 2. The molecule has 0 radical (unpaired) electrons. The van der Waals surface area contributed by atoms with E-state index in [2.05, 4.69) is 45.7 Å². The summed E-state index contributed by atoms with van der Waals surface area (Å²) in [7, 11) is 4.18. The van der Waals surface area contributed by atoms with Crippen molar-refractivity contribution < 1.29 is 9.18 Å². The Labute approximate surface area is 197 Å². The predicted octanol–water partition coefficient (Wildman–Crippen LogP) is 4.41. The van der Waals surface area contributed by atoms with Crippen molar-refractivity contribution in [1.29, 1.82) is 0 Å². The minimum atomic E-state index is -0.335. The quantitative estimate of drug-likeness (QED) is 0.383. The Morgan fingerprint density at radius 1 is 1.12 bits per heavy atom. The van der Waals surface area contributed by atoms with Gasteiger partial charge in [-0.1, -0.05) is 12.1 Å². The number of nitrogens with zero attached hydrogens (tertiary/aromatic N) is 4. The summed E-state index contributed by atoms with van der Waals surface area (Å²) in [6, 6.07) is 10.7. The second-order valence-electron chi connectivity index (χ2n) is 8.85. The summed E-state index contributed by atoms with van der Waals surface area (Å²) in [4.78, 5) is 23.8. The molecule has 0 bridgehead atoms. The van der Waals surface area contributed by atoms with Crippen LogP contribution in [-0.4, -0.2) is 45.8 Å². The number of imidazole rings is 1. The molecule has 4 aromatic rings. The fraction of sp³-hybridized carbons (Fsp3) is 0.269. The molecule has 174 valence electrons. The molecule has 0 spiro atoms. The Bertz CT molecular complexity index is 1350. The molecule has 3 aromatic heterocycles. The molecule has 2 N–H and O–H groups in total. The molecule has 0 unspecified atom stereocenters. The van der Waals surface area contributed by atoms with Crippen molar-refractivity contribution in [2.24, 2.45) is 0 Å². The number of amides is 1. The Morgan fingerprint density at radius 3 is 2.79 bits per heavy atom. The number of hydrogen-bond donors (Lipinski definition) is 2. The molecular weight excluding hydrogens is 431 g/mol. The summed E-state index contributed by atoms with van der Waals surface area (Å²) in [5, 5.41) is 6.23. The smallest absolute Gasteiger partial charge is 0.254 e. The van der Waals surface area contributed by atoms with Crippen LogP contribution >= 0.6 is 0 Å². The van der Waals surface area contributed by atoms with E-state index in [-0.39, 0.29) is 11.7 Å². The molecule has 0 saturated heterocycles. The summed E-state index contributed by atoms with van der Waals surface area (Å²) < 4.78 is 15.4. The van der Waals surface area contributed by atoms with E-state index in [1.165, 1.54) is 17.7 Å². The largest absolute Gasteiger partial charge is 0.348 e. The number of carbonyl (C=O) groups excluding carboxylic acids is 1. The molecule has 0 fully saturated rings. The zero-order chi connectivity index (χ0) is 23.7. The first-order chi connectivity index (χ1) is 16.5. The van der Waals surface area contributed by atoms with Gasteiger partial charge < -0.3 is 15.5 Å². The van der Waals surface area contributed by atoms with Crippen molar-refractivity contribution in [3.63, 3.8) is 0 Å². The molecule has 1 aliphatic rings. The van der Waals surface area contributed by atoms with E-state index >= 15 is 0 Å². The van der Waals surface area contributed by atoms with Crippen molar-refractivity contribution in [2.45, 2.75) is 25.8 Å². The molecule has 5 rings (SSSR count). The van der Waals surface area contributed by atoms with E-state index in [4.69, 9.17) is 0 Å². The van der Waals surface area contributed by atoms with Gasteiger partial charge in [0.15, 0.2) is 0 Å². The van der Waals surface area contributed by atoms with E-state index < -0.39 is 0 Å². The van der Waals surface area contributed by atoms with Crippen LogP contribution in [0.2, 0.25) is 0 Å². The summed E-state index contributed by atoms with van der Waals surface area (Å²) in [5.74, 6) is 0.229. The van der Waals surface area contributed by atoms with Crippen LogP contribution in [0.3, 0.4) is 0 Å². The van der Waals surface area contributed by atoms with Gasteiger partial charge in [0.1, 0.15) is 17.3 Å². The number of halogens is 1. The number of pyridine rings is 2. The maximum Gasteiger partial charge on any atom is 0.254 e. The SMILES string of the molecule is CN(C)CCCCc1ccc(Nc2ccc(-c3cnc4cc(F)ccn34)c3c2C(=O)NC3)nc1. The molecular formula is C26H27FN6O. The molecule has 0 atom stereocenters. The highest BCUT2D eigenvalue weighted by molar-refractivity contribution is 6.06. The molecule has 34 heavy (non-hydrogen) atoms. The summed E-state index contributed by atoms with van der Waals surface area (Å²) >= 11 is 0. The first kappa shape index (κ1) is 22.0. The topological polar surface area (TPSA) is 74.6 Å². The van der Waals surface area contributed by atoms with Crippen molar-refractivity contribution in [3.8, 4) is 11.3 Å². The first-order valence-electron chi connectivity index (χ1n) is 11.4. The number of rotatable bonds is 8. The molecule has 8 heteroatoms. The van der Waals surface area contributed by atoms with Gasteiger partial charge in [-0.25, -0.2) is 14.4 Å². The van der Waals surface area contributed by atoms with Crippen LogP contribution in [0.25, 0.3) is 16.9 Å². The summed E-state index contributed by atoms with van der Waals surface area (Å²) in [6.45, 7) is 1.51. The van der Waals surface area contributed by atoms with Crippen LogP contribution in [0.1, 0.15) is 34.3 Å². The number of aryl methyl sites for hydroxylation is 1. The third-order valence-corrected chi connectivity index (χ3v) is 6.13. The second-order valence-corrected chi connectivity index (χ2v) is 8.85. The lowest BCUT2D eigenvalue weighted by Crippen LogP contribution is -2.13. The number of fused-ring (bicyclic) bond motifs is 2. The van der Waals surface area contributed by atoms with Crippen molar-refractivity contribution >= 4 is 23.1 Å². The average molecular weight is 459 g/mol. The predicted molar refractivity (Wildman–Crippen MR) is 131 cm³/mol. The maximum absolute atomic E-state index is 13.6. The van der Waals surface area contributed by atoms with E-state index in [0.717, 1.165) is 42.6 Å². The van der Waals surface area contributed by atoms with Crippen LogP contribution in [0, 0.1) is 5.82 Å². The zero-order valence-corrected chi connectivity index (χ0v) is 19.3. The minimum absolute atomic E-state index is 0.128. The molecule has 4 heterocycles. The third kappa shape index (κ3) is 4.36. The van der Waals surface area contributed by atoms with Gasteiger partial charge in [0.2, 0.25) is 0 Å². The van der Waals surface area contributed by atoms with Gasteiger partial charge in [-0.3, -0.25) is 9.20 Å². The second kappa shape index (κ2) is 9.23. The summed E-state index contributed by atoms with van der Waals surface area (Å²) in [5.41, 5.74) is 5.62. The van der Waals surface area contributed by atoms with Gasteiger partial charge in [0.05, 0.1) is 23.1 Å². The summed E-state index contributed by atoms with van der Waals surface area (Å²) in [6.07, 6.45) is 8.53. The fourth-order valence-electron chi connectivity index (χ4n) is 4.39. The number of aromatic nitrogens is 3. The van der Waals surface area contributed by atoms with Crippen LogP contribution in [-0.2, 0) is 13.0 Å².